The van der Waals surface area contributed by atoms with Gasteiger partial charge in [0, 0.05) is 44.2 Å². The topological polar surface area (TPSA) is 77.1 Å². The molecule has 9 heteroatoms. The first-order valence-corrected chi connectivity index (χ1v) is 19.7. The third-order valence-corrected chi connectivity index (χ3v) is 12.6. The van der Waals surface area contributed by atoms with Crippen molar-refractivity contribution in [3.63, 3.8) is 0 Å². The van der Waals surface area contributed by atoms with Crippen molar-refractivity contribution in [2.75, 3.05) is 0 Å². The molecule has 0 bridgehead atoms. The number of rotatable bonds is 11. The average molecular weight is 749 g/mol. The van der Waals surface area contributed by atoms with E-state index in [2.05, 4.69) is 24.3 Å². The average Bonchev–Trinajstić information content (AvgIpc) is 3.94. The van der Waals surface area contributed by atoms with Crippen LogP contribution in [0.15, 0.2) is 123 Å². The Balaban J connectivity index is 1.03. The molecule has 0 saturated heterocycles. The minimum atomic E-state index is -0.188. The number of carbonyl (C=O) groups excluding carboxylic acids is 2. The van der Waals surface area contributed by atoms with Crippen molar-refractivity contribution >= 4 is 111 Å². The molecule has 0 fully saturated rings. The third kappa shape index (κ3) is 5.89. The van der Waals surface area contributed by atoms with Gasteiger partial charge in [0.05, 0.1) is 26.9 Å². The van der Waals surface area contributed by atoms with Crippen molar-refractivity contribution < 1.29 is 9.59 Å². The highest BCUT2D eigenvalue weighted by Gasteiger charge is 2.24. The quantitative estimate of drug-likeness (QED) is 0.0812. The molecule has 0 unspecified atom stereocenters. The molecular formula is C44H32N2O4S3. The van der Waals surface area contributed by atoms with E-state index in [-0.39, 0.29) is 22.7 Å². The van der Waals surface area contributed by atoms with Gasteiger partial charge < -0.3 is 0 Å². The third-order valence-electron chi connectivity index (χ3n) is 9.97. The lowest BCUT2D eigenvalue weighted by atomic mass is 10.0. The number of thiol groups is 1. The van der Waals surface area contributed by atoms with E-state index in [0.717, 1.165) is 71.7 Å². The number of carbonyl (C=O) groups is 2. The van der Waals surface area contributed by atoms with E-state index in [1.54, 1.807) is 32.3 Å². The molecule has 6 heterocycles. The molecule has 8 aromatic rings. The number of benzene rings is 2. The Bertz CT molecular complexity index is 3040. The van der Waals surface area contributed by atoms with Gasteiger partial charge in [-0.05, 0) is 73.2 Å². The highest BCUT2D eigenvalue weighted by molar-refractivity contribution is 7.80. The highest BCUT2D eigenvalue weighted by Crippen LogP contribution is 2.43. The number of aryl methyl sites for hydroxylation is 1. The number of allylic oxidation sites excluding steroid dienone is 8. The molecule has 9 rings (SSSR count). The Morgan fingerprint density at radius 1 is 0.755 bits per heavy atom. The molecule has 0 aliphatic heterocycles. The van der Waals surface area contributed by atoms with Crippen LogP contribution in [0.1, 0.15) is 48.2 Å². The SMILES string of the molecule is O=C(/C=C/C1=CCCC=C1)CC/C=C/c1c(S)cc2c3ccc4c5c(sc(c(=O)n12)c35)c(=O)n1c2cc(CCC(=O)/C=C/c3ccccc3)sc2cc41. The van der Waals surface area contributed by atoms with Gasteiger partial charge in [-0.25, -0.2) is 0 Å². The van der Waals surface area contributed by atoms with Crippen molar-refractivity contribution in [1.29, 1.82) is 0 Å². The van der Waals surface area contributed by atoms with Gasteiger partial charge in [-0.15, -0.1) is 35.3 Å². The van der Waals surface area contributed by atoms with Crippen LogP contribution in [0.5, 0.6) is 0 Å². The van der Waals surface area contributed by atoms with E-state index in [0.29, 0.717) is 45.7 Å². The zero-order valence-electron chi connectivity index (χ0n) is 28.5. The number of aromatic nitrogens is 2. The summed E-state index contributed by atoms with van der Waals surface area (Å²) >= 11 is 7.61. The molecule has 0 amide bonds. The summed E-state index contributed by atoms with van der Waals surface area (Å²) in [7, 11) is 0. The minimum Gasteiger partial charge on any atom is -0.295 e. The van der Waals surface area contributed by atoms with Crippen LogP contribution in [-0.2, 0) is 16.0 Å². The molecule has 1 aliphatic carbocycles. The molecule has 1 aliphatic rings. The maximum Gasteiger partial charge on any atom is 0.273 e. The summed E-state index contributed by atoms with van der Waals surface area (Å²) in [5.74, 6) is 0.102. The summed E-state index contributed by atoms with van der Waals surface area (Å²) < 4.78 is 5.53. The minimum absolute atomic E-state index is 0.0470. The summed E-state index contributed by atoms with van der Waals surface area (Å²) in [4.78, 5) is 55.3. The van der Waals surface area contributed by atoms with Gasteiger partial charge in [-0.3, -0.25) is 28.0 Å². The molecule has 260 valence electrons. The Kier molecular flexibility index (Phi) is 8.57. The van der Waals surface area contributed by atoms with Crippen LogP contribution in [0.2, 0.25) is 0 Å². The van der Waals surface area contributed by atoms with E-state index < -0.39 is 0 Å². The van der Waals surface area contributed by atoms with E-state index in [1.807, 2.05) is 78.9 Å². The van der Waals surface area contributed by atoms with E-state index in [1.165, 1.54) is 11.3 Å². The standard InChI is InChI=1S/C44H32N2O4S3/c47-28(17-15-26-9-3-1-4-10-26)13-7-8-14-33-37(51)24-34-31-21-22-32-35-25-38-36(23-30(52-38)20-19-29(48)18-16-27-11-5-2-6-12-27)46(35)44(50)42-40(32)39(31)41(53-42)43(49)45(33)34/h2-3,5-6,8-12,14-18,21-25,51H,1,4,7,13,19-20H2/b14-8+,17-15+,18-16+. The monoisotopic (exact) mass is 748 g/mol. The van der Waals surface area contributed by atoms with Crippen LogP contribution in [0.4, 0.5) is 0 Å². The summed E-state index contributed by atoms with van der Waals surface area (Å²) in [6.45, 7) is 0. The molecule has 6 aromatic heterocycles. The molecule has 53 heavy (non-hydrogen) atoms. The summed E-state index contributed by atoms with van der Waals surface area (Å²) in [5.41, 5.74) is 4.75. The summed E-state index contributed by atoms with van der Waals surface area (Å²) in [6.07, 6.45) is 20.9. The largest absolute Gasteiger partial charge is 0.295 e. The molecule has 0 N–H and O–H groups in total. The van der Waals surface area contributed by atoms with Crippen LogP contribution in [0.3, 0.4) is 0 Å². The lowest BCUT2D eigenvalue weighted by Crippen LogP contribution is -2.13. The molecule has 0 spiro atoms. The number of thiophene rings is 2. The zero-order valence-corrected chi connectivity index (χ0v) is 31.0. The normalized spacial score (nSPS) is 14.0. The van der Waals surface area contributed by atoms with Gasteiger partial charge in [-0.2, -0.15) is 0 Å². The second kappa shape index (κ2) is 13.6. The molecule has 6 nitrogen and oxygen atoms in total. The fourth-order valence-corrected chi connectivity index (χ4v) is 9.98. The first kappa shape index (κ1) is 33.5. The fraction of sp³-hybridized carbons (Fsp3) is 0.136. The van der Waals surface area contributed by atoms with Gasteiger partial charge in [0.15, 0.2) is 11.6 Å². The Morgan fingerprint density at radius 2 is 1.47 bits per heavy atom. The lowest BCUT2D eigenvalue weighted by Gasteiger charge is -2.07. The lowest BCUT2D eigenvalue weighted by molar-refractivity contribution is -0.115. The van der Waals surface area contributed by atoms with Gasteiger partial charge >= 0.3 is 0 Å². The summed E-state index contributed by atoms with van der Waals surface area (Å²) in [5, 5.41) is 3.46. The number of hydrogen-bond acceptors (Lipinski definition) is 7. The van der Waals surface area contributed by atoms with Crippen LogP contribution in [-0.4, -0.2) is 20.4 Å². The second-order valence-electron chi connectivity index (χ2n) is 13.4. The number of nitrogens with zero attached hydrogens (tertiary/aromatic N) is 2. The fourth-order valence-electron chi connectivity index (χ4n) is 7.42. The number of fused-ring (bicyclic) bond motifs is 6. The van der Waals surface area contributed by atoms with Gasteiger partial charge in [-0.1, -0.05) is 78.9 Å². The molecule has 0 radical (unpaired) electrons. The van der Waals surface area contributed by atoms with Crippen molar-refractivity contribution in [2.24, 2.45) is 0 Å². The van der Waals surface area contributed by atoms with E-state index in [4.69, 9.17) is 12.6 Å². The van der Waals surface area contributed by atoms with Crippen molar-refractivity contribution in [3.05, 3.63) is 146 Å². The van der Waals surface area contributed by atoms with Crippen LogP contribution in [0, 0.1) is 0 Å². The van der Waals surface area contributed by atoms with E-state index >= 15 is 0 Å². The molecule has 0 saturated carbocycles. The Labute approximate surface area is 317 Å². The maximum absolute atomic E-state index is 14.3. The number of ketones is 2. The van der Waals surface area contributed by atoms with Crippen molar-refractivity contribution in [2.45, 2.75) is 43.4 Å². The first-order chi connectivity index (χ1) is 25.9. The first-order valence-electron chi connectivity index (χ1n) is 17.6. The number of hydrogen-bond donors (Lipinski definition) is 1. The molecule has 2 aromatic carbocycles. The molecular weight excluding hydrogens is 717 g/mol. The maximum atomic E-state index is 14.3. The smallest absolute Gasteiger partial charge is 0.273 e. The van der Waals surface area contributed by atoms with Crippen LogP contribution < -0.4 is 11.1 Å². The van der Waals surface area contributed by atoms with Crippen molar-refractivity contribution in [3.8, 4) is 0 Å². The van der Waals surface area contributed by atoms with Crippen molar-refractivity contribution in [1.82, 2.24) is 8.80 Å². The summed E-state index contributed by atoms with van der Waals surface area (Å²) in [6, 6.07) is 19.8. The number of pyridine rings is 2. The highest BCUT2D eigenvalue weighted by atomic mass is 32.1. The van der Waals surface area contributed by atoms with Crippen LogP contribution in [0.25, 0.3) is 64.3 Å². The van der Waals surface area contributed by atoms with Gasteiger partial charge in [0.25, 0.3) is 11.1 Å². The predicted octanol–water partition coefficient (Wildman–Crippen LogP) is 10.2. The second-order valence-corrected chi connectivity index (χ2v) is 16.0. The Hall–Kier alpha value is -5.35. The molecule has 0 atom stereocenters. The zero-order chi connectivity index (χ0) is 36.2. The van der Waals surface area contributed by atoms with Crippen LogP contribution >= 0.6 is 35.3 Å². The van der Waals surface area contributed by atoms with E-state index in [9.17, 15) is 19.2 Å². The predicted molar refractivity (Wildman–Crippen MR) is 224 cm³/mol. The van der Waals surface area contributed by atoms with Gasteiger partial charge in [0.2, 0.25) is 0 Å². The Morgan fingerprint density at radius 3 is 2.23 bits per heavy atom. The van der Waals surface area contributed by atoms with Gasteiger partial charge in [0.1, 0.15) is 9.40 Å².